The van der Waals surface area contributed by atoms with Crippen LogP contribution in [0.3, 0.4) is 0 Å². The van der Waals surface area contributed by atoms with E-state index in [0.29, 0.717) is 18.8 Å². The SMILES string of the molecule is O=C(NCc1cnn(Cc2ccccc2)c1)c1nccc2ccccc12. The lowest BCUT2D eigenvalue weighted by Gasteiger charge is -2.06. The molecule has 26 heavy (non-hydrogen) atoms. The first kappa shape index (κ1) is 16.0. The van der Waals surface area contributed by atoms with E-state index in [9.17, 15) is 4.79 Å². The number of amides is 1. The van der Waals surface area contributed by atoms with Gasteiger partial charge in [0.25, 0.3) is 5.91 Å². The third-order valence-corrected chi connectivity index (χ3v) is 4.22. The average molecular weight is 342 g/mol. The molecule has 1 N–H and O–H groups in total. The van der Waals surface area contributed by atoms with Gasteiger partial charge in [0, 0.05) is 29.9 Å². The minimum absolute atomic E-state index is 0.183. The molecular weight excluding hydrogens is 324 g/mol. The summed E-state index contributed by atoms with van der Waals surface area (Å²) in [5.74, 6) is -0.183. The second-order valence-electron chi connectivity index (χ2n) is 6.10. The fraction of sp³-hybridized carbons (Fsp3) is 0.0952. The third kappa shape index (κ3) is 3.47. The molecular formula is C21H18N4O. The van der Waals surface area contributed by atoms with Gasteiger partial charge in [-0.1, -0.05) is 54.6 Å². The molecule has 5 nitrogen and oxygen atoms in total. The molecule has 4 aromatic rings. The minimum atomic E-state index is -0.183. The Morgan fingerprint density at radius 2 is 1.77 bits per heavy atom. The van der Waals surface area contributed by atoms with Crippen LogP contribution in [0.1, 0.15) is 21.6 Å². The zero-order valence-electron chi connectivity index (χ0n) is 14.2. The van der Waals surface area contributed by atoms with Crippen molar-refractivity contribution in [3.05, 3.63) is 96.1 Å². The summed E-state index contributed by atoms with van der Waals surface area (Å²) >= 11 is 0. The van der Waals surface area contributed by atoms with Gasteiger partial charge in [-0.25, -0.2) is 0 Å². The van der Waals surface area contributed by atoms with Crippen LogP contribution in [0, 0.1) is 0 Å². The van der Waals surface area contributed by atoms with Gasteiger partial charge in [0.15, 0.2) is 0 Å². The normalized spacial score (nSPS) is 10.8. The van der Waals surface area contributed by atoms with Crippen LogP contribution in [0.2, 0.25) is 0 Å². The van der Waals surface area contributed by atoms with Crippen molar-refractivity contribution >= 4 is 16.7 Å². The van der Waals surface area contributed by atoms with Crippen molar-refractivity contribution in [2.24, 2.45) is 0 Å². The zero-order chi connectivity index (χ0) is 17.8. The van der Waals surface area contributed by atoms with E-state index in [-0.39, 0.29) is 5.91 Å². The highest BCUT2D eigenvalue weighted by molar-refractivity contribution is 6.05. The number of nitrogens with one attached hydrogen (secondary N) is 1. The maximum absolute atomic E-state index is 12.5. The molecule has 2 heterocycles. The Labute approximate surface area is 151 Å². The molecule has 0 unspecified atom stereocenters. The topological polar surface area (TPSA) is 59.8 Å². The van der Waals surface area contributed by atoms with Crippen LogP contribution in [0.4, 0.5) is 0 Å². The second-order valence-corrected chi connectivity index (χ2v) is 6.10. The number of hydrogen-bond acceptors (Lipinski definition) is 3. The van der Waals surface area contributed by atoms with Crippen molar-refractivity contribution in [2.45, 2.75) is 13.1 Å². The fourth-order valence-corrected chi connectivity index (χ4v) is 2.92. The minimum Gasteiger partial charge on any atom is -0.346 e. The second kappa shape index (κ2) is 7.19. The quantitative estimate of drug-likeness (QED) is 0.605. The first-order valence-electron chi connectivity index (χ1n) is 8.47. The lowest BCUT2D eigenvalue weighted by molar-refractivity contribution is 0.0948. The summed E-state index contributed by atoms with van der Waals surface area (Å²) in [7, 11) is 0. The summed E-state index contributed by atoms with van der Waals surface area (Å²) in [6.45, 7) is 1.12. The lowest BCUT2D eigenvalue weighted by atomic mass is 10.1. The summed E-state index contributed by atoms with van der Waals surface area (Å²) in [4.78, 5) is 16.8. The number of benzene rings is 2. The van der Waals surface area contributed by atoms with E-state index >= 15 is 0 Å². The molecule has 0 atom stereocenters. The molecule has 128 valence electrons. The molecule has 0 bridgehead atoms. The molecule has 0 fully saturated rings. The highest BCUT2D eigenvalue weighted by Gasteiger charge is 2.11. The third-order valence-electron chi connectivity index (χ3n) is 4.22. The van der Waals surface area contributed by atoms with Gasteiger partial charge in [-0.2, -0.15) is 5.10 Å². The van der Waals surface area contributed by atoms with Gasteiger partial charge >= 0.3 is 0 Å². The predicted octanol–water partition coefficient (Wildman–Crippen LogP) is 3.41. The number of fused-ring (bicyclic) bond motifs is 1. The van der Waals surface area contributed by atoms with Crippen molar-refractivity contribution in [2.75, 3.05) is 0 Å². The molecule has 4 rings (SSSR count). The van der Waals surface area contributed by atoms with Gasteiger partial charge in [-0.15, -0.1) is 0 Å². The van der Waals surface area contributed by atoms with Crippen molar-refractivity contribution in [3.8, 4) is 0 Å². The van der Waals surface area contributed by atoms with E-state index in [4.69, 9.17) is 0 Å². The van der Waals surface area contributed by atoms with Gasteiger partial charge in [-0.05, 0) is 17.0 Å². The highest BCUT2D eigenvalue weighted by Crippen LogP contribution is 2.16. The standard InChI is InChI=1S/C21H18N4O/c26-21(20-19-9-5-4-8-18(19)10-11-22-20)23-12-17-13-24-25(15-17)14-16-6-2-1-3-7-16/h1-11,13,15H,12,14H2,(H,23,26). The Kier molecular flexibility index (Phi) is 4.43. The van der Waals surface area contributed by atoms with Crippen LogP contribution in [-0.2, 0) is 13.1 Å². The average Bonchev–Trinajstić information content (AvgIpc) is 3.14. The molecule has 0 spiro atoms. The summed E-state index contributed by atoms with van der Waals surface area (Å²) in [6.07, 6.45) is 5.39. The molecule has 1 amide bonds. The smallest absolute Gasteiger partial charge is 0.270 e. The number of aromatic nitrogens is 3. The van der Waals surface area contributed by atoms with Gasteiger partial charge < -0.3 is 5.32 Å². The summed E-state index contributed by atoms with van der Waals surface area (Å²) in [5, 5.41) is 9.15. The zero-order valence-corrected chi connectivity index (χ0v) is 14.2. The van der Waals surface area contributed by atoms with Crippen LogP contribution in [0.15, 0.2) is 79.3 Å². The highest BCUT2D eigenvalue weighted by atomic mass is 16.1. The number of carbonyl (C=O) groups is 1. The van der Waals surface area contributed by atoms with Crippen LogP contribution in [0.25, 0.3) is 10.8 Å². The molecule has 0 saturated carbocycles. The van der Waals surface area contributed by atoms with Crippen molar-refractivity contribution < 1.29 is 4.79 Å². The molecule has 5 heteroatoms. The van der Waals surface area contributed by atoms with E-state index in [1.807, 2.05) is 59.4 Å². The monoisotopic (exact) mass is 342 g/mol. The van der Waals surface area contributed by atoms with Crippen LogP contribution in [0.5, 0.6) is 0 Å². The van der Waals surface area contributed by atoms with Crippen molar-refractivity contribution in [1.29, 1.82) is 0 Å². The Bertz CT molecular complexity index is 1030. The number of pyridine rings is 1. The predicted molar refractivity (Wildman–Crippen MR) is 101 cm³/mol. The van der Waals surface area contributed by atoms with Gasteiger partial charge in [0.05, 0.1) is 12.7 Å². The molecule has 0 radical (unpaired) electrons. The van der Waals surface area contributed by atoms with E-state index in [1.54, 1.807) is 12.4 Å². The lowest BCUT2D eigenvalue weighted by Crippen LogP contribution is -2.23. The van der Waals surface area contributed by atoms with Gasteiger partial charge in [0.1, 0.15) is 5.69 Å². The van der Waals surface area contributed by atoms with E-state index < -0.39 is 0 Å². The Hall–Kier alpha value is -3.47. The number of nitrogens with zero attached hydrogens (tertiary/aromatic N) is 3. The largest absolute Gasteiger partial charge is 0.346 e. The number of rotatable bonds is 5. The van der Waals surface area contributed by atoms with E-state index in [1.165, 1.54) is 5.56 Å². The fourth-order valence-electron chi connectivity index (χ4n) is 2.92. The van der Waals surface area contributed by atoms with Crippen LogP contribution < -0.4 is 5.32 Å². The van der Waals surface area contributed by atoms with Crippen molar-refractivity contribution in [3.63, 3.8) is 0 Å². The van der Waals surface area contributed by atoms with E-state index in [2.05, 4.69) is 27.5 Å². The molecule has 0 aliphatic heterocycles. The van der Waals surface area contributed by atoms with Gasteiger partial charge in [-0.3, -0.25) is 14.5 Å². The summed E-state index contributed by atoms with van der Waals surface area (Å²) in [5.41, 5.74) is 2.58. The van der Waals surface area contributed by atoms with Crippen LogP contribution >= 0.6 is 0 Å². The molecule has 2 aromatic heterocycles. The first-order valence-corrected chi connectivity index (χ1v) is 8.47. The Balaban J connectivity index is 1.43. The Morgan fingerprint density at radius 3 is 2.65 bits per heavy atom. The number of carbonyl (C=O) groups excluding carboxylic acids is 1. The van der Waals surface area contributed by atoms with Crippen molar-refractivity contribution in [1.82, 2.24) is 20.1 Å². The summed E-state index contributed by atoms with van der Waals surface area (Å²) < 4.78 is 1.87. The molecule has 0 aliphatic carbocycles. The Morgan fingerprint density at radius 1 is 0.962 bits per heavy atom. The van der Waals surface area contributed by atoms with E-state index in [0.717, 1.165) is 16.3 Å². The van der Waals surface area contributed by atoms with Gasteiger partial charge in [0.2, 0.25) is 0 Å². The maximum atomic E-state index is 12.5. The molecule has 2 aromatic carbocycles. The molecule has 0 saturated heterocycles. The van der Waals surface area contributed by atoms with Crippen LogP contribution in [-0.4, -0.2) is 20.7 Å². The summed E-state index contributed by atoms with van der Waals surface area (Å²) in [6, 6.07) is 19.8. The molecule has 0 aliphatic rings. The number of hydrogen-bond donors (Lipinski definition) is 1. The maximum Gasteiger partial charge on any atom is 0.270 e. The first-order chi connectivity index (χ1) is 12.8.